The molecule has 0 spiro atoms. The van der Waals surface area contributed by atoms with Gasteiger partial charge in [0.15, 0.2) is 6.61 Å². The third kappa shape index (κ3) is 4.58. The molecule has 2 rings (SSSR count). The number of aromatic carboxylic acids is 1. The lowest BCUT2D eigenvalue weighted by Crippen LogP contribution is -2.18. The maximum Gasteiger partial charge on any atom is 0.349 e. The quantitative estimate of drug-likeness (QED) is 0.587. The first-order valence-electron chi connectivity index (χ1n) is 7.33. The number of benzene rings is 2. The minimum absolute atomic E-state index is 0.101. The molecule has 2 aromatic rings. The summed E-state index contributed by atoms with van der Waals surface area (Å²) in [5.41, 5.74) is 1.11. The number of carbonyl (C=O) groups is 2. The van der Waals surface area contributed by atoms with Crippen LogP contribution in [0.5, 0.6) is 11.5 Å². The Bertz CT molecular complexity index is 755. The SMILES string of the molecule is CC(C)c1ccccc1OCC(=O)Oc1ccc(C(=O)O)cc1Br. The van der Waals surface area contributed by atoms with E-state index in [1.807, 2.05) is 32.0 Å². The molecule has 0 bridgehead atoms. The molecule has 0 radical (unpaired) electrons. The lowest BCUT2D eigenvalue weighted by Gasteiger charge is -2.13. The highest BCUT2D eigenvalue weighted by atomic mass is 79.9. The van der Waals surface area contributed by atoms with Gasteiger partial charge in [-0.25, -0.2) is 9.59 Å². The summed E-state index contributed by atoms with van der Waals surface area (Å²) in [6.07, 6.45) is 0. The van der Waals surface area contributed by atoms with Gasteiger partial charge in [-0.05, 0) is 51.7 Å². The highest BCUT2D eigenvalue weighted by molar-refractivity contribution is 9.10. The fraction of sp³-hybridized carbons (Fsp3) is 0.222. The van der Waals surface area contributed by atoms with E-state index in [0.29, 0.717) is 10.2 Å². The molecule has 0 aliphatic heterocycles. The van der Waals surface area contributed by atoms with E-state index in [9.17, 15) is 9.59 Å². The van der Waals surface area contributed by atoms with Crippen LogP contribution in [0.2, 0.25) is 0 Å². The van der Waals surface area contributed by atoms with Gasteiger partial charge >= 0.3 is 11.9 Å². The van der Waals surface area contributed by atoms with E-state index in [1.54, 1.807) is 6.07 Å². The van der Waals surface area contributed by atoms with Crippen LogP contribution in [-0.4, -0.2) is 23.7 Å². The topological polar surface area (TPSA) is 72.8 Å². The van der Waals surface area contributed by atoms with Crippen LogP contribution in [-0.2, 0) is 4.79 Å². The Morgan fingerprint density at radius 2 is 1.83 bits per heavy atom. The van der Waals surface area contributed by atoms with E-state index in [2.05, 4.69) is 15.9 Å². The molecule has 0 saturated carbocycles. The van der Waals surface area contributed by atoms with E-state index < -0.39 is 11.9 Å². The molecule has 24 heavy (non-hydrogen) atoms. The Labute approximate surface area is 148 Å². The zero-order chi connectivity index (χ0) is 17.7. The van der Waals surface area contributed by atoms with Crippen LogP contribution in [0, 0.1) is 0 Å². The summed E-state index contributed by atoms with van der Waals surface area (Å²) in [5, 5.41) is 8.91. The van der Waals surface area contributed by atoms with Crippen molar-refractivity contribution in [1.82, 2.24) is 0 Å². The molecule has 6 heteroatoms. The third-order valence-electron chi connectivity index (χ3n) is 3.29. The Kier molecular flexibility index (Phi) is 5.98. The first kappa shape index (κ1) is 18.0. The lowest BCUT2D eigenvalue weighted by atomic mass is 10.0. The highest BCUT2D eigenvalue weighted by Gasteiger charge is 2.13. The number of carbonyl (C=O) groups excluding carboxylic acids is 1. The molecule has 1 N–H and O–H groups in total. The maximum atomic E-state index is 12.0. The van der Waals surface area contributed by atoms with Crippen molar-refractivity contribution in [1.29, 1.82) is 0 Å². The number of hydrogen-bond acceptors (Lipinski definition) is 4. The Morgan fingerprint density at radius 3 is 2.46 bits per heavy atom. The van der Waals surface area contributed by atoms with Gasteiger partial charge in [-0.2, -0.15) is 0 Å². The normalized spacial score (nSPS) is 10.5. The number of hydrogen-bond donors (Lipinski definition) is 1. The van der Waals surface area contributed by atoms with Gasteiger partial charge in [-0.3, -0.25) is 0 Å². The van der Waals surface area contributed by atoms with Crippen LogP contribution >= 0.6 is 15.9 Å². The molecular weight excluding hydrogens is 376 g/mol. The number of ether oxygens (including phenoxy) is 2. The van der Waals surface area contributed by atoms with Crippen LogP contribution in [0.25, 0.3) is 0 Å². The van der Waals surface area contributed by atoms with E-state index in [4.69, 9.17) is 14.6 Å². The monoisotopic (exact) mass is 392 g/mol. The molecule has 0 heterocycles. The van der Waals surface area contributed by atoms with Crippen molar-refractivity contribution in [3.8, 4) is 11.5 Å². The summed E-state index contributed by atoms with van der Waals surface area (Å²) in [6.45, 7) is 3.85. The molecule has 0 saturated heterocycles. The molecule has 0 amide bonds. The van der Waals surface area contributed by atoms with Gasteiger partial charge in [0.2, 0.25) is 0 Å². The number of halogens is 1. The molecule has 0 atom stereocenters. The first-order chi connectivity index (χ1) is 11.4. The first-order valence-corrected chi connectivity index (χ1v) is 8.13. The number of carboxylic acid groups (broad SMARTS) is 1. The van der Waals surface area contributed by atoms with Gasteiger partial charge in [0, 0.05) is 0 Å². The molecule has 0 aliphatic carbocycles. The number of para-hydroxylation sites is 1. The predicted octanol–water partition coefficient (Wildman–Crippen LogP) is 4.26. The van der Waals surface area contributed by atoms with Crippen molar-refractivity contribution in [2.45, 2.75) is 19.8 Å². The van der Waals surface area contributed by atoms with Crippen LogP contribution in [0.3, 0.4) is 0 Å². The third-order valence-corrected chi connectivity index (χ3v) is 3.91. The van der Waals surface area contributed by atoms with E-state index in [1.165, 1.54) is 18.2 Å². The van der Waals surface area contributed by atoms with Crippen LogP contribution < -0.4 is 9.47 Å². The van der Waals surface area contributed by atoms with Gasteiger partial charge in [0.25, 0.3) is 0 Å². The molecule has 0 fully saturated rings. The van der Waals surface area contributed by atoms with Gasteiger partial charge in [-0.1, -0.05) is 32.0 Å². The minimum Gasteiger partial charge on any atom is -0.482 e. The zero-order valence-electron chi connectivity index (χ0n) is 13.3. The summed E-state index contributed by atoms with van der Waals surface area (Å²) in [4.78, 5) is 22.8. The number of rotatable bonds is 6. The standard InChI is InChI=1S/C18H17BrO5/c1-11(2)13-5-3-4-6-15(13)23-10-17(20)24-16-8-7-12(18(21)22)9-14(16)19/h3-9,11H,10H2,1-2H3,(H,21,22). The Morgan fingerprint density at radius 1 is 1.12 bits per heavy atom. The van der Waals surface area contributed by atoms with Gasteiger partial charge in [0.05, 0.1) is 10.0 Å². The molecule has 2 aromatic carbocycles. The Hall–Kier alpha value is -2.34. The van der Waals surface area contributed by atoms with Crippen molar-refractivity contribution in [3.05, 3.63) is 58.1 Å². The second-order valence-electron chi connectivity index (χ2n) is 5.41. The summed E-state index contributed by atoms with van der Waals surface area (Å²) in [7, 11) is 0. The van der Waals surface area contributed by atoms with E-state index in [-0.39, 0.29) is 23.8 Å². The van der Waals surface area contributed by atoms with Crippen molar-refractivity contribution >= 4 is 27.9 Å². The van der Waals surface area contributed by atoms with Crippen LogP contribution in [0.1, 0.15) is 35.7 Å². The van der Waals surface area contributed by atoms with Gasteiger partial charge in [-0.15, -0.1) is 0 Å². The largest absolute Gasteiger partial charge is 0.482 e. The zero-order valence-corrected chi connectivity index (χ0v) is 14.9. The maximum absolute atomic E-state index is 12.0. The van der Waals surface area contributed by atoms with E-state index in [0.717, 1.165) is 5.56 Å². The second kappa shape index (κ2) is 7.97. The second-order valence-corrected chi connectivity index (χ2v) is 6.26. The van der Waals surface area contributed by atoms with Gasteiger partial charge < -0.3 is 14.6 Å². The summed E-state index contributed by atoms with van der Waals surface area (Å²) in [6, 6.07) is 11.7. The smallest absolute Gasteiger partial charge is 0.349 e. The van der Waals surface area contributed by atoms with Gasteiger partial charge in [0.1, 0.15) is 11.5 Å². The fourth-order valence-corrected chi connectivity index (χ4v) is 2.55. The predicted molar refractivity (Wildman–Crippen MR) is 92.8 cm³/mol. The van der Waals surface area contributed by atoms with Crippen molar-refractivity contribution in [3.63, 3.8) is 0 Å². The number of carboxylic acids is 1. The van der Waals surface area contributed by atoms with E-state index >= 15 is 0 Å². The highest BCUT2D eigenvalue weighted by Crippen LogP contribution is 2.27. The lowest BCUT2D eigenvalue weighted by molar-refractivity contribution is -0.136. The molecular formula is C18H17BrO5. The molecule has 0 aromatic heterocycles. The summed E-state index contributed by atoms with van der Waals surface area (Å²) >= 11 is 3.19. The number of esters is 1. The molecule has 126 valence electrons. The Balaban J connectivity index is 2.01. The minimum atomic E-state index is -1.05. The average Bonchev–Trinajstić information content (AvgIpc) is 2.54. The van der Waals surface area contributed by atoms with Crippen molar-refractivity contribution < 1.29 is 24.2 Å². The fourth-order valence-electron chi connectivity index (χ4n) is 2.09. The van der Waals surface area contributed by atoms with Crippen molar-refractivity contribution in [2.75, 3.05) is 6.61 Å². The average molecular weight is 393 g/mol. The summed E-state index contributed by atoms with van der Waals surface area (Å²) < 4.78 is 11.1. The molecule has 0 aliphatic rings. The molecule has 0 unspecified atom stereocenters. The molecule has 5 nitrogen and oxygen atoms in total. The van der Waals surface area contributed by atoms with Crippen LogP contribution in [0.15, 0.2) is 46.9 Å². The van der Waals surface area contributed by atoms with Crippen LogP contribution in [0.4, 0.5) is 0 Å². The van der Waals surface area contributed by atoms with Crippen molar-refractivity contribution in [2.24, 2.45) is 0 Å². The summed E-state index contributed by atoms with van der Waals surface area (Å²) in [5.74, 6) is -0.468.